The third-order valence-corrected chi connectivity index (χ3v) is 18.9. The molecule has 0 amide bonds. The average Bonchev–Trinajstić information content (AvgIpc) is 3.47. The number of epoxide rings is 1. The highest BCUT2D eigenvalue weighted by Crippen LogP contribution is 2.86. The van der Waals surface area contributed by atoms with Crippen molar-refractivity contribution < 1.29 is 14.0 Å². The quantitative estimate of drug-likeness (QED) is 0.225. The van der Waals surface area contributed by atoms with Crippen LogP contribution in [0.5, 0.6) is 0 Å². The Balaban J connectivity index is 1.39. The molecular weight excluding hydrogens is 508 g/mol. The molecule has 0 aromatic rings. The van der Waals surface area contributed by atoms with Crippen molar-refractivity contribution in [2.45, 2.75) is 176 Å². The van der Waals surface area contributed by atoms with Crippen LogP contribution in [0.3, 0.4) is 0 Å². The van der Waals surface area contributed by atoms with Crippen LogP contribution in [0.1, 0.15) is 140 Å². The van der Waals surface area contributed by atoms with Gasteiger partial charge in [0.15, 0.2) is 8.32 Å². The van der Waals surface area contributed by atoms with E-state index in [1.165, 1.54) is 51.4 Å². The summed E-state index contributed by atoms with van der Waals surface area (Å²) in [7, 11) is -1.72. The molecule has 1 heterocycles. The zero-order chi connectivity index (χ0) is 29.9. The van der Waals surface area contributed by atoms with E-state index in [0.29, 0.717) is 40.6 Å². The van der Waals surface area contributed by atoms with Gasteiger partial charge >= 0.3 is 0 Å². The summed E-state index contributed by atoms with van der Waals surface area (Å²) in [5, 5.41) is 0. The largest absolute Gasteiger partial charge is 0.414 e. The maximum atomic E-state index is 12.8. The van der Waals surface area contributed by atoms with Crippen molar-refractivity contribution in [2.75, 3.05) is 0 Å². The predicted octanol–water partition coefficient (Wildman–Crippen LogP) is 9.98. The molecule has 40 heavy (non-hydrogen) atoms. The van der Waals surface area contributed by atoms with Crippen LogP contribution in [0, 0.1) is 44.8 Å². The fraction of sp³-hybridized carbons (Fsp3) is 0.972. The van der Waals surface area contributed by atoms with Crippen LogP contribution in [-0.4, -0.2) is 31.4 Å². The van der Waals surface area contributed by atoms with Gasteiger partial charge in [0.1, 0.15) is 17.0 Å². The Kier molecular flexibility index (Phi) is 7.16. The number of rotatable bonds is 7. The molecule has 0 bridgehead atoms. The van der Waals surface area contributed by atoms with Gasteiger partial charge in [0, 0.05) is 22.7 Å². The van der Waals surface area contributed by atoms with E-state index < -0.39 is 8.32 Å². The molecular formula is C36H64O3Si. The normalized spacial score (nSPS) is 46.7. The summed E-state index contributed by atoms with van der Waals surface area (Å²) in [5.74, 6) is 2.35. The molecule has 0 radical (unpaired) electrons. The minimum absolute atomic E-state index is 0.0453. The standard InChI is InChI=1S/C36H64O3Si/c1-24(2)40(12,13)38-29-18-19-33(10)27(31(29,7)8)17-21-36-34(11)20-16-26(25(3)14-15-28(37)30(4,5)6)32(34,9)22-23-35(33,36)39-36/h24-27,29H,14-23H2,1-13H3/t25?,26?,27-,29-,32+,33-,34+,35?,36?/m0/s1. The summed E-state index contributed by atoms with van der Waals surface area (Å²) in [6, 6.07) is 0. The monoisotopic (exact) mass is 572 g/mol. The van der Waals surface area contributed by atoms with Crippen LogP contribution in [0.4, 0.5) is 0 Å². The second-order valence-electron chi connectivity index (χ2n) is 18.6. The highest BCUT2D eigenvalue weighted by Gasteiger charge is 2.90. The lowest BCUT2D eigenvalue weighted by atomic mass is 9.38. The fourth-order valence-corrected chi connectivity index (χ4v) is 13.0. The lowest BCUT2D eigenvalue weighted by Crippen LogP contribution is -2.67. The van der Waals surface area contributed by atoms with Crippen molar-refractivity contribution in [1.82, 2.24) is 0 Å². The molecule has 0 aromatic heterocycles. The molecule has 230 valence electrons. The van der Waals surface area contributed by atoms with E-state index in [1.54, 1.807) is 0 Å². The zero-order valence-corrected chi connectivity index (χ0v) is 29.7. The fourth-order valence-electron chi connectivity index (χ4n) is 11.6. The third-order valence-electron chi connectivity index (χ3n) is 15.2. The maximum absolute atomic E-state index is 12.8. The van der Waals surface area contributed by atoms with Gasteiger partial charge in [-0.2, -0.15) is 0 Å². The second kappa shape index (κ2) is 9.16. The minimum atomic E-state index is -1.72. The first-order chi connectivity index (χ1) is 18.2. The van der Waals surface area contributed by atoms with Gasteiger partial charge in [0.05, 0.1) is 6.10 Å². The lowest BCUT2D eigenvalue weighted by molar-refractivity contribution is -0.154. The van der Waals surface area contributed by atoms with E-state index >= 15 is 0 Å². The molecule has 1 aliphatic heterocycles. The van der Waals surface area contributed by atoms with Gasteiger partial charge in [-0.1, -0.05) is 76.2 Å². The molecule has 4 unspecified atom stereocenters. The Morgan fingerprint density at radius 2 is 1.52 bits per heavy atom. The molecule has 4 heteroatoms. The van der Waals surface area contributed by atoms with Gasteiger partial charge in [-0.15, -0.1) is 0 Å². The first kappa shape index (κ1) is 31.2. The van der Waals surface area contributed by atoms with Crippen LogP contribution in [0.2, 0.25) is 18.6 Å². The Bertz CT molecular complexity index is 1030. The Morgan fingerprint density at radius 3 is 2.12 bits per heavy atom. The average molecular weight is 573 g/mol. The molecule has 4 saturated carbocycles. The molecule has 9 atom stereocenters. The first-order valence-electron chi connectivity index (χ1n) is 17.1. The van der Waals surface area contributed by atoms with E-state index in [4.69, 9.17) is 9.16 Å². The number of Topliss-reactive ketones (excluding diaryl/α,β-unsaturated/α-hetero) is 1. The van der Waals surface area contributed by atoms with E-state index in [9.17, 15) is 4.79 Å². The van der Waals surface area contributed by atoms with Crippen LogP contribution < -0.4 is 0 Å². The topological polar surface area (TPSA) is 38.8 Å². The van der Waals surface area contributed by atoms with Gasteiger partial charge < -0.3 is 9.16 Å². The van der Waals surface area contributed by atoms with Crippen LogP contribution in [0.15, 0.2) is 0 Å². The van der Waals surface area contributed by atoms with Gasteiger partial charge in [-0.25, -0.2) is 0 Å². The predicted molar refractivity (Wildman–Crippen MR) is 169 cm³/mol. The highest BCUT2D eigenvalue weighted by molar-refractivity contribution is 6.72. The van der Waals surface area contributed by atoms with Crippen LogP contribution in [-0.2, 0) is 14.0 Å². The molecule has 0 spiro atoms. The van der Waals surface area contributed by atoms with Crippen molar-refractivity contribution in [3.05, 3.63) is 0 Å². The van der Waals surface area contributed by atoms with Crippen molar-refractivity contribution in [3.8, 4) is 0 Å². The van der Waals surface area contributed by atoms with Crippen molar-refractivity contribution in [2.24, 2.45) is 44.8 Å². The van der Waals surface area contributed by atoms with Crippen LogP contribution in [0.25, 0.3) is 0 Å². The molecule has 0 aromatic carbocycles. The van der Waals surface area contributed by atoms with Gasteiger partial charge in [-0.05, 0) is 105 Å². The van der Waals surface area contributed by atoms with E-state index in [1.807, 2.05) is 0 Å². The summed E-state index contributed by atoms with van der Waals surface area (Å²) in [6.45, 7) is 31.2. The molecule has 5 fully saturated rings. The summed E-state index contributed by atoms with van der Waals surface area (Å²) >= 11 is 0. The third kappa shape index (κ3) is 3.89. The second-order valence-corrected chi connectivity index (χ2v) is 23.2. The van der Waals surface area contributed by atoms with Crippen molar-refractivity contribution >= 4 is 14.1 Å². The Labute approximate surface area is 248 Å². The molecule has 5 rings (SSSR count). The summed E-state index contributed by atoms with van der Waals surface area (Å²) in [6.07, 6.45) is 12.2. The number of ether oxygens (including phenoxy) is 1. The number of carbonyl (C=O) groups excluding carboxylic acids is 1. The Morgan fingerprint density at radius 1 is 0.875 bits per heavy atom. The van der Waals surface area contributed by atoms with Gasteiger partial charge in [0.2, 0.25) is 0 Å². The summed E-state index contributed by atoms with van der Waals surface area (Å²) < 4.78 is 14.5. The Hall–Kier alpha value is -0.193. The lowest BCUT2D eigenvalue weighted by Gasteiger charge is -2.64. The van der Waals surface area contributed by atoms with E-state index in [2.05, 4.69) is 89.3 Å². The number of fused-ring (bicyclic) bond motifs is 2. The van der Waals surface area contributed by atoms with Gasteiger partial charge in [0.25, 0.3) is 0 Å². The van der Waals surface area contributed by atoms with Crippen molar-refractivity contribution in [3.63, 3.8) is 0 Å². The number of hydrogen-bond acceptors (Lipinski definition) is 3. The molecule has 4 aliphatic carbocycles. The van der Waals surface area contributed by atoms with Gasteiger partial charge in [-0.3, -0.25) is 4.79 Å². The number of ketones is 1. The summed E-state index contributed by atoms with van der Waals surface area (Å²) in [5.41, 5.74) is 1.43. The number of carbonyl (C=O) groups is 1. The minimum Gasteiger partial charge on any atom is -0.414 e. The molecule has 3 nitrogen and oxygen atoms in total. The highest BCUT2D eigenvalue weighted by atomic mass is 28.4. The van der Waals surface area contributed by atoms with E-state index in [0.717, 1.165) is 12.8 Å². The van der Waals surface area contributed by atoms with Crippen molar-refractivity contribution in [1.29, 1.82) is 0 Å². The SMILES string of the molecule is CC(CCC(=O)C(C)(C)C)C1CC[C@@]2(C)C34CC[C@H]5C(C)(C)[C@@H](O[Si](C)(C)C(C)C)CC[C@]5(C)C3(CC[C@]12C)O4. The number of hydrogen-bond donors (Lipinski definition) is 0. The molecule has 1 saturated heterocycles. The van der Waals surface area contributed by atoms with Crippen LogP contribution >= 0.6 is 0 Å². The first-order valence-corrected chi connectivity index (χ1v) is 20.1. The smallest absolute Gasteiger partial charge is 0.189 e. The zero-order valence-electron chi connectivity index (χ0n) is 28.7. The maximum Gasteiger partial charge on any atom is 0.189 e. The summed E-state index contributed by atoms with van der Waals surface area (Å²) in [4.78, 5) is 12.8. The molecule has 5 aliphatic rings. The van der Waals surface area contributed by atoms with E-state index in [-0.39, 0.29) is 32.9 Å². The molecule has 0 N–H and O–H groups in total.